The lowest BCUT2D eigenvalue weighted by atomic mass is 10.2. The van der Waals surface area contributed by atoms with Gasteiger partial charge in [-0.25, -0.2) is 0 Å². The first kappa shape index (κ1) is 16.3. The number of rotatable bonds is 6. The number of nitrogens with one attached hydrogen (secondary N) is 2. The third-order valence-corrected chi connectivity index (χ3v) is 3.22. The molecule has 0 radical (unpaired) electrons. The molecule has 0 saturated heterocycles. The van der Waals surface area contributed by atoms with Crippen LogP contribution in [0.15, 0.2) is 18.2 Å². The Labute approximate surface area is 123 Å². The molecule has 0 aromatic heterocycles. The second kappa shape index (κ2) is 7.75. The molecular weight excluding hydrogens is 278 g/mol. The molecule has 1 atom stereocenters. The van der Waals surface area contributed by atoms with Crippen molar-refractivity contribution in [2.24, 2.45) is 0 Å². The van der Waals surface area contributed by atoms with E-state index >= 15 is 0 Å². The third-order valence-electron chi connectivity index (χ3n) is 2.89. The zero-order valence-electron chi connectivity index (χ0n) is 11.7. The van der Waals surface area contributed by atoms with Gasteiger partial charge in [-0.05, 0) is 31.5 Å². The molecule has 1 aromatic rings. The van der Waals surface area contributed by atoms with Crippen LogP contribution in [0.5, 0.6) is 0 Å². The van der Waals surface area contributed by atoms with Gasteiger partial charge in [0.1, 0.15) is 0 Å². The van der Waals surface area contributed by atoms with Gasteiger partial charge in [0.15, 0.2) is 0 Å². The maximum Gasteiger partial charge on any atom is 0.252 e. The van der Waals surface area contributed by atoms with Crippen LogP contribution < -0.4 is 16.4 Å². The van der Waals surface area contributed by atoms with Gasteiger partial charge in [0.05, 0.1) is 10.6 Å². The number of carbonyl (C=O) groups excluding carboxylic acids is 2. The number of hydrogen-bond acceptors (Lipinski definition) is 3. The summed E-state index contributed by atoms with van der Waals surface area (Å²) in [5, 5.41) is 5.81. The van der Waals surface area contributed by atoms with Gasteiger partial charge in [-0.2, -0.15) is 0 Å². The topological polar surface area (TPSA) is 84.2 Å². The van der Waals surface area contributed by atoms with Crippen molar-refractivity contribution in [3.05, 3.63) is 28.8 Å². The molecule has 6 heteroatoms. The van der Waals surface area contributed by atoms with Gasteiger partial charge in [-0.1, -0.05) is 18.5 Å². The van der Waals surface area contributed by atoms with Crippen molar-refractivity contribution < 1.29 is 9.59 Å². The highest BCUT2D eigenvalue weighted by molar-refractivity contribution is 6.34. The molecular formula is C14H20ClN3O2. The Bertz CT molecular complexity index is 491. The number of carbonyl (C=O) groups is 2. The van der Waals surface area contributed by atoms with E-state index in [0.29, 0.717) is 16.3 Å². The fraction of sp³-hybridized carbons (Fsp3) is 0.429. The first-order chi connectivity index (χ1) is 9.43. The molecule has 0 spiro atoms. The molecule has 0 heterocycles. The monoisotopic (exact) mass is 297 g/mol. The molecule has 1 unspecified atom stereocenters. The number of nitrogens with two attached hydrogens (primary N) is 1. The SMILES string of the molecule is CCC(C)NC(=O)CCNC(=O)c1cc(N)ccc1Cl. The van der Waals surface area contributed by atoms with E-state index in [2.05, 4.69) is 10.6 Å². The average Bonchev–Trinajstić information content (AvgIpc) is 2.41. The summed E-state index contributed by atoms with van der Waals surface area (Å²) in [6.45, 7) is 4.18. The van der Waals surface area contributed by atoms with Gasteiger partial charge >= 0.3 is 0 Å². The Morgan fingerprint density at radius 3 is 2.75 bits per heavy atom. The van der Waals surface area contributed by atoms with E-state index in [4.69, 9.17) is 17.3 Å². The normalized spacial score (nSPS) is 11.8. The molecule has 1 aromatic carbocycles. The lowest BCUT2D eigenvalue weighted by molar-refractivity contribution is -0.121. The fourth-order valence-corrected chi connectivity index (χ4v) is 1.75. The molecule has 2 amide bonds. The van der Waals surface area contributed by atoms with Gasteiger partial charge < -0.3 is 16.4 Å². The van der Waals surface area contributed by atoms with Crippen LogP contribution >= 0.6 is 11.6 Å². The van der Waals surface area contributed by atoms with Crippen LogP contribution in [0.2, 0.25) is 5.02 Å². The fourth-order valence-electron chi connectivity index (χ4n) is 1.55. The van der Waals surface area contributed by atoms with E-state index in [1.165, 1.54) is 6.07 Å². The Hall–Kier alpha value is -1.75. The van der Waals surface area contributed by atoms with Gasteiger partial charge in [0.2, 0.25) is 5.91 Å². The highest BCUT2D eigenvalue weighted by atomic mass is 35.5. The van der Waals surface area contributed by atoms with E-state index in [9.17, 15) is 9.59 Å². The van der Waals surface area contributed by atoms with E-state index in [1.54, 1.807) is 12.1 Å². The summed E-state index contributed by atoms with van der Waals surface area (Å²) in [6.07, 6.45) is 1.10. The molecule has 20 heavy (non-hydrogen) atoms. The third kappa shape index (κ3) is 5.09. The molecule has 5 nitrogen and oxygen atoms in total. The minimum Gasteiger partial charge on any atom is -0.399 e. The lowest BCUT2D eigenvalue weighted by Crippen LogP contribution is -2.35. The van der Waals surface area contributed by atoms with E-state index in [0.717, 1.165) is 6.42 Å². The number of nitrogen functional groups attached to an aromatic ring is 1. The summed E-state index contributed by atoms with van der Waals surface area (Å²) in [7, 11) is 0. The van der Waals surface area contributed by atoms with Crippen molar-refractivity contribution in [3.63, 3.8) is 0 Å². The predicted molar refractivity (Wildman–Crippen MR) is 80.7 cm³/mol. The van der Waals surface area contributed by atoms with Crippen molar-refractivity contribution in [3.8, 4) is 0 Å². The number of anilines is 1. The second-order valence-corrected chi connectivity index (χ2v) is 5.03. The molecule has 0 aliphatic heterocycles. The molecule has 1 rings (SSSR count). The highest BCUT2D eigenvalue weighted by Gasteiger charge is 2.11. The molecule has 0 fully saturated rings. The maximum atomic E-state index is 11.9. The molecule has 0 aliphatic carbocycles. The Morgan fingerprint density at radius 1 is 1.40 bits per heavy atom. The first-order valence-electron chi connectivity index (χ1n) is 6.56. The maximum absolute atomic E-state index is 11.9. The van der Waals surface area contributed by atoms with E-state index < -0.39 is 0 Å². The molecule has 0 saturated carbocycles. The largest absolute Gasteiger partial charge is 0.399 e. The predicted octanol–water partition coefficient (Wildman–Crippen LogP) is 1.96. The van der Waals surface area contributed by atoms with Crippen molar-refractivity contribution in [1.29, 1.82) is 0 Å². The van der Waals surface area contributed by atoms with Crippen molar-refractivity contribution in [2.75, 3.05) is 12.3 Å². The van der Waals surface area contributed by atoms with Gasteiger partial charge in [-0.3, -0.25) is 9.59 Å². The van der Waals surface area contributed by atoms with Crippen molar-refractivity contribution in [1.82, 2.24) is 10.6 Å². The Balaban J connectivity index is 2.44. The summed E-state index contributed by atoms with van der Waals surface area (Å²) < 4.78 is 0. The van der Waals surface area contributed by atoms with E-state index in [-0.39, 0.29) is 30.8 Å². The second-order valence-electron chi connectivity index (χ2n) is 4.62. The van der Waals surface area contributed by atoms with Crippen LogP contribution in [0.25, 0.3) is 0 Å². The molecule has 4 N–H and O–H groups in total. The molecule has 0 bridgehead atoms. The summed E-state index contributed by atoms with van der Waals surface area (Å²) in [6, 6.07) is 4.85. The number of halogens is 1. The van der Waals surface area contributed by atoms with Crippen molar-refractivity contribution in [2.45, 2.75) is 32.7 Å². The van der Waals surface area contributed by atoms with Crippen LogP contribution in [-0.4, -0.2) is 24.4 Å². The summed E-state index contributed by atoms with van der Waals surface area (Å²) in [5.41, 5.74) is 6.39. The number of amides is 2. The first-order valence-corrected chi connectivity index (χ1v) is 6.94. The summed E-state index contributed by atoms with van der Waals surface area (Å²) in [5.74, 6) is -0.419. The minimum atomic E-state index is -0.335. The Morgan fingerprint density at radius 2 is 2.10 bits per heavy atom. The van der Waals surface area contributed by atoms with Gasteiger partial charge in [0.25, 0.3) is 5.91 Å². The lowest BCUT2D eigenvalue weighted by Gasteiger charge is -2.12. The number of benzene rings is 1. The van der Waals surface area contributed by atoms with Crippen LogP contribution in [0.3, 0.4) is 0 Å². The average molecular weight is 298 g/mol. The zero-order valence-corrected chi connectivity index (χ0v) is 12.5. The van der Waals surface area contributed by atoms with Gasteiger partial charge in [0, 0.05) is 24.7 Å². The van der Waals surface area contributed by atoms with Crippen molar-refractivity contribution >= 4 is 29.1 Å². The van der Waals surface area contributed by atoms with Crippen LogP contribution in [0.4, 0.5) is 5.69 Å². The molecule has 110 valence electrons. The van der Waals surface area contributed by atoms with Crippen LogP contribution in [0.1, 0.15) is 37.0 Å². The minimum absolute atomic E-state index is 0.0849. The zero-order chi connectivity index (χ0) is 15.1. The summed E-state index contributed by atoms with van der Waals surface area (Å²) in [4.78, 5) is 23.4. The highest BCUT2D eigenvalue weighted by Crippen LogP contribution is 2.18. The summed E-state index contributed by atoms with van der Waals surface area (Å²) >= 11 is 5.92. The van der Waals surface area contributed by atoms with Gasteiger partial charge in [-0.15, -0.1) is 0 Å². The van der Waals surface area contributed by atoms with Crippen LogP contribution in [-0.2, 0) is 4.79 Å². The Kier molecular flexibility index (Phi) is 6.31. The quantitative estimate of drug-likeness (QED) is 0.702. The molecule has 0 aliphatic rings. The van der Waals surface area contributed by atoms with Crippen LogP contribution in [0, 0.1) is 0 Å². The number of hydrogen-bond donors (Lipinski definition) is 3. The smallest absolute Gasteiger partial charge is 0.252 e. The van der Waals surface area contributed by atoms with E-state index in [1.807, 2.05) is 13.8 Å². The standard InChI is InChI=1S/C14H20ClN3O2/c1-3-9(2)18-13(19)6-7-17-14(20)11-8-10(16)4-5-12(11)15/h4-5,8-9H,3,6-7,16H2,1-2H3,(H,17,20)(H,18,19).